The molecule has 25 heavy (non-hydrogen) atoms. The summed E-state index contributed by atoms with van der Waals surface area (Å²) in [5.74, 6) is -0.753. The summed E-state index contributed by atoms with van der Waals surface area (Å²) in [4.78, 5) is 12.4. The van der Waals surface area contributed by atoms with E-state index < -0.39 is 17.6 Å². The maximum atomic E-state index is 13.0. The van der Waals surface area contributed by atoms with E-state index in [1.807, 2.05) is 6.07 Å². The molecule has 3 rings (SSSR count). The van der Waals surface area contributed by atoms with Crippen molar-refractivity contribution in [2.24, 2.45) is 0 Å². The van der Waals surface area contributed by atoms with E-state index in [1.54, 1.807) is 31.2 Å². The highest BCUT2D eigenvalue weighted by Crippen LogP contribution is 2.34. The molecule has 0 aliphatic rings. The number of hydrogen-bond acceptors (Lipinski definition) is 3. The van der Waals surface area contributed by atoms with Crippen LogP contribution >= 0.6 is 0 Å². The van der Waals surface area contributed by atoms with Crippen LogP contribution in [0.15, 0.2) is 54.6 Å². The van der Waals surface area contributed by atoms with Crippen molar-refractivity contribution in [3.63, 3.8) is 0 Å². The van der Waals surface area contributed by atoms with E-state index in [0.29, 0.717) is 11.4 Å². The Morgan fingerprint density at radius 1 is 1.04 bits per heavy atom. The largest absolute Gasteiger partial charge is 0.418 e. The normalized spacial score (nSPS) is 11.4. The molecule has 3 aromatic rings. The Kier molecular flexibility index (Phi) is 4.26. The molecular formula is C17H13F3N4O. The molecule has 0 fully saturated rings. The zero-order chi connectivity index (χ0) is 18.0. The predicted octanol–water partition coefficient (Wildman–Crippen LogP) is 3.85. The Morgan fingerprint density at radius 3 is 2.36 bits per heavy atom. The van der Waals surface area contributed by atoms with E-state index in [2.05, 4.69) is 15.6 Å². The fraction of sp³-hybridized carbons (Fsp3) is 0.118. The number of benzene rings is 2. The van der Waals surface area contributed by atoms with E-state index in [4.69, 9.17) is 0 Å². The van der Waals surface area contributed by atoms with E-state index in [-0.39, 0.29) is 11.4 Å². The molecule has 0 spiro atoms. The molecule has 0 radical (unpaired) electrons. The van der Waals surface area contributed by atoms with Crippen LogP contribution in [0.3, 0.4) is 0 Å². The van der Waals surface area contributed by atoms with Gasteiger partial charge in [-0.2, -0.15) is 13.2 Å². The number of hydrogen-bond donors (Lipinski definition) is 1. The van der Waals surface area contributed by atoms with Crippen molar-refractivity contribution in [3.8, 4) is 5.69 Å². The minimum absolute atomic E-state index is 0.0409. The van der Waals surface area contributed by atoms with Crippen molar-refractivity contribution in [1.82, 2.24) is 15.0 Å². The third-order valence-electron chi connectivity index (χ3n) is 3.59. The van der Waals surface area contributed by atoms with Crippen LogP contribution in [0.1, 0.15) is 21.7 Å². The Hall–Kier alpha value is -3.16. The first-order valence-corrected chi connectivity index (χ1v) is 7.33. The number of amides is 1. The van der Waals surface area contributed by atoms with E-state index >= 15 is 0 Å². The molecule has 2 aromatic carbocycles. The van der Waals surface area contributed by atoms with Gasteiger partial charge in [0, 0.05) is 0 Å². The predicted molar refractivity (Wildman–Crippen MR) is 85.5 cm³/mol. The van der Waals surface area contributed by atoms with Crippen molar-refractivity contribution < 1.29 is 18.0 Å². The van der Waals surface area contributed by atoms with Crippen LogP contribution in [-0.4, -0.2) is 20.9 Å². The average Bonchev–Trinajstić information content (AvgIpc) is 2.97. The summed E-state index contributed by atoms with van der Waals surface area (Å²) in [5, 5.41) is 9.97. The van der Waals surface area contributed by atoms with Gasteiger partial charge in [-0.3, -0.25) is 4.79 Å². The number of rotatable bonds is 3. The summed E-state index contributed by atoms with van der Waals surface area (Å²) in [6.45, 7) is 1.62. The van der Waals surface area contributed by atoms with Crippen LogP contribution < -0.4 is 5.32 Å². The highest BCUT2D eigenvalue weighted by atomic mass is 19.4. The molecule has 0 aliphatic carbocycles. The first kappa shape index (κ1) is 16.7. The molecule has 1 amide bonds. The topological polar surface area (TPSA) is 59.8 Å². The maximum Gasteiger partial charge on any atom is 0.418 e. The van der Waals surface area contributed by atoms with E-state index in [9.17, 15) is 18.0 Å². The van der Waals surface area contributed by atoms with Crippen molar-refractivity contribution in [2.75, 3.05) is 5.32 Å². The SMILES string of the molecule is Cc1c(C(=O)Nc2ccccc2C(F)(F)F)nnn1-c1ccccc1. The van der Waals surface area contributed by atoms with E-state index in [1.165, 1.54) is 22.9 Å². The van der Waals surface area contributed by atoms with Gasteiger partial charge in [0.1, 0.15) is 0 Å². The number of carbonyl (C=O) groups excluding carboxylic acids is 1. The molecule has 0 bridgehead atoms. The van der Waals surface area contributed by atoms with Gasteiger partial charge in [0.25, 0.3) is 5.91 Å². The second kappa shape index (κ2) is 6.39. The van der Waals surface area contributed by atoms with Crippen molar-refractivity contribution >= 4 is 11.6 Å². The van der Waals surface area contributed by atoms with Gasteiger partial charge < -0.3 is 5.32 Å². The lowest BCUT2D eigenvalue weighted by molar-refractivity contribution is -0.136. The number of alkyl halides is 3. The van der Waals surface area contributed by atoms with Crippen LogP contribution in [0.25, 0.3) is 5.69 Å². The molecule has 0 atom stereocenters. The zero-order valence-electron chi connectivity index (χ0n) is 13.1. The Bertz CT molecular complexity index is 904. The number of aromatic nitrogens is 3. The van der Waals surface area contributed by atoms with Gasteiger partial charge in [-0.25, -0.2) is 4.68 Å². The molecule has 1 heterocycles. The lowest BCUT2D eigenvalue weighted by atomic mass is 10.1. The van der Waals surface area contributed by atoms with Crippen LogP contribution in [0.5, 0.6) is 0 Å². The number of halogens is 3. The Balaban J connectivity index is 1.90. The van der Waals surface area contributed by atoms with Crippen molar-refractivity contribution in [1.29, 1.82) is 0 Å². The van der Waals surface area contributed by atoms with Crippen LogP contribution in [0.2, 0.25) is 0 Å². The standard InChI is InChI=1S/C17H13F3N4O/c1-11-15(22-23-24(11)12-7-3-2-4-8-12)16(25)21-14-10-6-5-9-13(14)17(18,19)20/h2-10H,1H3,(H,21,25). The lowest BCUT2D eigenvalue weighted by Gasteiger charge is -2.13. The van der Waals surface area contributed by atoms with Crippen LogP contribution in [-0.2, 0) is 6.18 Å². The quantitative estimate of drug-likeness (QED) is 0.784. The summed E-state index contributed by atoms with van der Waals surface area (Å²) in [5.41, 5.74) is -0.165. The molecule has 128 valence electrons. The van der Waals surface area contributed by atoms with Crippen molar-refractivity contribution in [3.05, 3.63) is 71.5 Å². The smallest absolute Gasteiger partial charge is 0.320 e. The first-order chi connectivity index (χ1) is 11.9. The van der Waals surface area contributed by atoms with Gasteiger partial charge in [0.15, 0.2) is 5.69 Å². The number of anilines is 1. The molecular weight excluding hydrogens is 333 g/mol. The lowest BCUT2D eigenvalue weighted by Crippen LogP contribution is -2.18. The second-order valence-corrected chi connectivity index (χ2v) is 5.27. The molecule has 0 aliphatic heterocycles. The summed E-state index contributed by atoms with van der Waals surface area (Å²) < 4.78 is 40.5. The van der Waals surface area contributed by atoms with Gasteiger partial charge in [0.2, 0.25) is 0 Å². The molecule has 5 nitrogen and oxygen atoms in total. The first-order valence-electron chi connectivity index (χ1n) is 7.33. The maximum absolute atomic E-state index is 13.0. The molecule has 0 unspecified atom stereocenters. The fourth-order valence-corrected chi connectivity index (χ4v) is 2.37. The molecule has 0 saturated heterocycles. The minimum atomic E-state index is -4.57. The van der Waals surface area contributed by atoms with Crippen LogP contribution in [0, 0.1) is 6.92 Å². The average molecular weight is 346 g/mol. The third kappa shape index (κ3) is 3.37. The molecule has 0 saturated carbocycles. The summed E-state index contributed by atoms with van der Waals surface area (Å²) >= 11 is 0. The fourth-order valence-electron chi connectivity index (χ4n) is 2.37. The Labute approximate surface area is 141 Å². The summed E-state index contributed by atoms with van der Waals surface area (Å²) in [7, 11) is 0. The molecule has 1 N–H and O–H groups in total. The van der Waals surface area contributed by atoms with Gasteiger partial charge >= 0.3 is 6.18 Å². The second-order valence-electron chi connectivity index (χ2n) is 5.27. The molecule has 8 heteroatoms. The van der Waals surface area contributed by atoms with Gasteiger partial charge in [-0.15, -0.1) is 5.10 Å². The highest BCUT2D eigenvalue weighted by Gasteiger charge is 2.34. The number of para-hydroxylation sites is 2. The summed E-state index contributed by atoms with van der Waals surface area (Å²) in [6, 6.07) is 13.8. The van der Waals surface area contributed by atoms with E-state index in [0.717, 1.165) is 6.07 Å². The zero-order valence-corrected chi connectivity index (χ0v) is 13.1. The number of nitrogens with zero attached hydrogens (tertiary/aromatic N) is 3. The molecule has 1 aromatic heterocycles. The summed E-state index contributed by atoms with van der Waals surface area (Å²) in [6.07, 6.45) is -4.57. The number of carbonyl (C=O) groups is 1. The third-order valence-corrected chi connectivity index (χ3v) is 3.59. The van der Waals surface area contributed by atoms with Gasteiger partial charge in [-0.05, 0) is 31.2 Å². The monoisotopic (exact) mass is 346 g/mol. The van der Waals surface area contributed by atoms with Gasteiger partial charge in [-0.1, -0.05) is 35.5 Å². The highest BCUT2D eigenvalue weighted by molar-refractivity contribution is 6.04. The number of nitrogens with one attached hydrogen (secondary N) is 1. The van der Waals surface area contributed by atoms with Crippen LogP contribution in [0.4, 0.5) is 18.9 Å². The minimum Gasteiger partial charge on any atom is -0.320 e. The van der Waals surface area contributed by atoms with Crippen molar-refractivity contribution in [2.45, 2.75) is 13.1 Å². The Morgan fingerprint density at radius 2 is 1.68 bits per heavy atom. The van der Waals surface area contributed by atoms with Gasteiger partial charge in [0.05, 0.1) is 22.6 Å².